The molecule has 33 heavy (non-hydrogen) atoms. The molecule has 0 bridgehead atoms. The number of aromatic amines is 1. The van der Waals surface area contributed by atoms with Crippen LogP contribution >= 0.6 is 11.6 Å². The molecule has 5 rings (SSSR count). The van der Waals surface area contributed by atoms with Crippen molar-refractivity contribution in [2.75, 3.05) is 13.1 Å². The van der Waals surface area contributed by atoms with Crippen LogP contribution in [0.15, 0.2) is 30.6 Å². The zero-order valence-corrected chi connectivity index (χ0v) is 19.2. The molecule has 2 amide bonds. The number of nitrogens with zero attached hydrogens (tertiary/aromatic N) is 5. The van der Waals surface area contributed by atoms with E-state index in [0.29, 0.717) is 33.1 Å². The zero-order valence-electron chi connectivity index (χ0n) is 18.4. The number of rotatable bonds is 5. The molecule has 0 aliphatic carbocycles. The largest absolute Gasteiger partial charge is 0.349 e. The standard InChI is InChI=1S/C23H24ClN7O2/c1-13(9-19(32)31-7-3-4-8-31)27-23(33)16-11-25-22-21(16)28-17(12-26-22)20-15-6-5-14(24)10-18(15)30(2)29-20/h5-6,10-13H,3-4,7-9H2,1-2H3,(H,25,26)(H,27,33)/t13-/m1/s1. The van der Waals surface area contributed by atoms with Gasteiger partial charge in [0.1, 0.15) is 16.9 Å². The first-order valence-corrected chi connectivity index (χ1v) is 11.3. The maximum absolute atomic E-state index is 13.0. The Hall–Kier alpha value is -3.46. The van der Waals surface area contributed by atoms with E-state index in [0.717, 1.165) is 36.8 Å². The molecule has 0 spiro atoms. The van der Waals surface area contributed by atoms with Crippen molar-refractivity contribution in [2.24, 2.45) is 7.05 Å². The van der Waals surface area contributed by atoms with Gasteiger partial charge in [0.15, 0.2) is 5.65 Å². The van der Waals surface area contributed by atoms with Gasteiger partial charge < -0.3 is 15.2 Å². The van der Waals surface area contributed by atoms with Crippen molar-refractivity contribution in [2.45, 2.75) is 32.2 Å². The van der Waals surface area contributed by atoms with Gasteiger partial charge in [0.05, 0.1) is 17.3 Å². The lowest BCUT2D eigenvalue weighted by Gasteiger charge is -2.19. The minimum Gasteiger partial charge on any atom is -0.349 e. The van der Waals surface area contributed by atoms with Crippen LogP contribution in [0.1, 0.15) is 36.5 Å². The van der Waals surface area contributed by atoms with Gasteiger partial charge in [0.25, 0.3) is 5.91 Å². The summed E-state index contributed by atoms with van der Waals surface area (Å²) in [5.74, 6) is -0.226. The summed E-state index contributed by atoms with van der Waals surface area (Å²) in [6, 6.07) is 5.26. The minimum atomic E-state index is -0.299. The van der Waals surface area contributed by atoms with Gasteiger partial charge >= 0.3 is 0 Å². The predicted octanol–water partition coefficient (Wildman–Crippen LogP) is 3.30. The number of hydrogen-bond donors (Lipinski definition) is 2. The molecule has 1 atom stereocenters. The minimum absolute atomic E-state index is 0.0726. The number of benzene rings is 1. The average Bonchev–Trinajstić information content (AvgIpc) is 3.52. The quantitative estimate of drug-likeness (QED) is 0.470. The fourth-order valence-electron chi connectivity index (χ4n) is 4.31. The molecule has 4 heterocycles. The summed E-state index contributed by atoms with van der Waals surface area (Å²) in [6.45, 7) is 3.44. The molecule has 1 fully saturated rings. The molecule has 1 aliphatic heterocycles. The van der Waals surface area contributed by atoms with Crippen LogP contribution in [0.2, 0.25) is 5.02 Å². The van der Waals surface area contributed by atoms with Gasteiger partial charge in [-0.15, -0.1) is 0 Å². The number of halogens is 1. The number of likely N-dealkylation sites (tertiary alicyclic amines) is 1. The van der Waals surface area contributed by atoms with Crippen molar-refractivity contribution in [3.05, 3.63) is 41.2 Å². The SMILES string of the molecule is C[C@H](CC(=O)N1CCCC1)NC(=O)c1c[nH]c2ncc(-c3nn(C)c4cc(Cl)ccc34)nc12. The monoisotopic (exact) mass is 465 g/mol. The summed E-state index contributed by atoms with van der Waals surface area (Å²) in [6.07, 6.45) is 5.58. The van der Waals surface area contributed by atoms with E-state index in [4.69, 9.17) is 16.6 Å². The highest BCUT2D eigenvalue weighted by Crippen LogP contribution is 2.29. The Kier molecular flexibility index (Phi) is 5.49. The van der Waals surface area contributed by atoms with Gasteiger partial charge in [-0.05, 0) is 38.0 Å². The van der Waals surface area contributed by atoms with E-state index in [1.807, 2.05) is 31.0 Å². The van der Waals surface area contributed by atoms with Crippen molar-refractivity contribution in [1.82, 2.24) is 34.9 Å². The summed E-state index contributed by atoms with van der Waals surface area (Å²) in [5, 5.41) is 9.03. The molecule has 4 aromatic rings. The molecule has 10 heteroatoms. The number of nitrogens with one attached hydrogen (secondary N) is 2. The Morgan fingerprint density at radius 2 is 2.06 bits per heavy atom. The number of aryl methyl sites for hydroxylation is 1. The van der Waals surface area contributed by atoms with Crippen LogP contribution in [0.3, 0.4) is 0 Å². The highest BCUT2D eigenvalue weighted by molar-refractivity contribution is 6.31. The van der Waals surface area contributed by atoms with E-state index in [9.17, 15) is 9.59 Å². The number of hydrogen-bond acceptors (Lipinski definition) is 5. The predicted molar refractivity (Wildman–Crippen MR) is 126 cm³/mol. The molecule has 3 aromatic heterocycles. The molecule has 170 valence electrons. The van der Waals surface area contributed by atoms with Crippen molar-refractivity contribution in [1.29, 1.82) is 0 Å². The molecule has 1 saturated heterocycles. The van der Waals surface area contributed by atoms with Crippen LogP contribution in [0.4, 0.5) is 0 Å². The maximum Gasteiger partial charge on any atom is 0.255 e. The number of amides is 2. The Morgan fingerprint density at radius 1 is 1.27 bits per heavy atom. The Morgan fingerprint density at radius 3 is 2.85 bits per heavy atom. The zero-order chi connectivity index (χ0) is 23.1. The fraction of sp³-hybridized carbons (Fsp3) is 0.348. The maximum atomic E-state index is 13.0. The van der Waals surface area contributed by atoms with E-state index < -0.39 is 0 Å². The summed E-state index contributed by atoms with van der Waals surface area (Å²) >= 11 is 6.13. The molecule has 2 N–H and O–H groups in total. The van der Waals surface area contributed by atoms with Gasteiger partial charge in [0, 0.05) is 49.2 Å². The van der Waals surface area contributed by atoms with Crippen LogP contribution in [-0.2, 0) is 11.8 Å². The summed E-state index contributed by atoms with van der Waals surface area (Å²) in [5.41, 5.74) is 3.44. The fourth-order valence-corrected chi connectivity index (χ4v) is 4.47. The third-order valence-electron chi connectivity index (χ3n) is 6.00. The molecule has 0 radical (unpaired) electrons. The van der Waals surface area contributed by atoms with Gasteiger partial charge in [-0.1, -0.05) is 11.6 Å². The van der Waals surface area contributed by atoms with Crippen LogP contribution in [0, 0.1) is 0 Å². The second-order valence-corrected chi connectivity index (χ2v) is 8.89. The van der Waals surface area contributed by atoms with Crippen molar-refractivity contribution in [3.8, 4) is 11.4 Å². The Labute approximate surface area is 195 Å². The molecular weight excluding hydrogens is 442 g/mol. The Bertz CT molecular complexity index is 1370. The number of aromatic nitrogens is 5. The third-order valence-corrected chi connectivity index (χ3v) is 6.23. The smallest absolute Gasteiger partial charge is 0.255 e. The first-order chi connectivity index (χ1) is 15.9. The number of H-pyrrole nitrogens is 1. The summed E-state index contributed by atoms with van der Waals surface area (Å²) in [4.78, 5) is 39.4. The van der Waals surface area contributed by atoms with E-state index in [-0.39, 0.29) is 24.3 Å². The van der Waals surface area contributed by atoms with E-state index in [1.165, 1.54) is 0 Å². The van der Waals surface area contributed by atoms with Gasteiger partial charge in [-0.3, -0.25) is 14.3 Å². The van der Waals surface area contributed by atoms with E-state index in [2.05, 4.69) is 20.4 Å². The normalized spacial score (nSPS) is 14.8. The van der Waals surface area contributed by atoms with E-state index in [1.54, 1.807) is 23.1 Å². The highest BCUT2D eigenvalue weighted by Gasteiger charge is 2.23. The average molecular weight is 466 g/mol. The van der Waals surface area contributed by atoms with E-state index >= 15 is 0 Å². The van der Waals surface area contributed by atoms with Crippen molar-refractivity contribution >= 4 is 45.5 Å². The molecule has 1 aliphatic rings. The van der Waals surface area contributed by atoms with Crippen molar-refractivity contribution in [3.63, 3.8) is 0 Å². The second-order valence-electron chi connectivity index (χ2n) is 8.46. The first kappa shape index (κ1) is 21.4. The van der Waals surface area contributed by atoms with Crippen molar-refractivity contribution < 1.29 is 9.59 Å². The first-order valence-electron chi connectivity index (χ1n) is 11.0. The molecule has 0 saturated carbocycles. The highest BCUT2D eigenvalue weighted by atomic mass is 35.5. The van der Waals surface area contributed by atoms with Gasteiger partial charge in [-0.25, -0.2) is 9.97 Å². The molecular formula is C23H24ClN7O2. The van der Waals surface area contributed by atoms with Gasteiger partial charge in [0.2, 0.25) is 5.91 Å². The Balaban J connectivity index is 1.41. The third kappa shape index (κ3) is 4.04. The topological polar surface area (TPSA) is 109 Å². The lowest BCUT2D eigenvalue weighted by molar-refractivity contribution is -0.130. The molecule has 9 nitrogen and oxygen atoms in total. The lowest BCUT2D eigenvalue weighted by Crippen LogP contribution is -2.38. The van der Waals surface area contributed by atoms with Gasteiger partial charge in [-0.2, -0.15) is 5.10 Å². The second kappa shape index (κ2) is 8.47. The van der Waals surface area contributed by atoms with Crippen LogP contribution in [0.25, 0.3) is 33.5 Å². The van der Waals surface area contributed by atoms with Crippen LogP contribution < -0.4 is 5.32 Å². The lowest BCUT2D eigenvalue weighted by atomic mass is 10.1. The molecule has 0 unspecified atom stereocenters. The van der Waals surface area contributed by atoms with Crippen LogP contribution in [0.5, 0.6) is 0 Å². The number of carbonyl (C=O) groups is 2. The summed E-state index contributed by atoms with van der Waals surface area (Å²) in [7, 11) is 1.84. The number of fused-ring (bicyclic) bond motifs is 2. The van der Waals surface area contributed by atoms with Crippen LogP contribution in [-0.4, -0.2) is 60.6 Å². The summed E-state index contributed by atoms with van der Waals surface area (Å²) < 4.78 is 1.74. The molecule has 1 aromatic carbocycles. The number of carbonyl (C=O) groups excluding carboxylic acids is 2.